The predicted octanol–water partition coefficient (Wildman–Crippen LogP) is 3.00. The quantitative estimate of drug-likeness (QED) is 0.901. The van der Waals surface area contributed by atoms with Crippen LogP contribution in [-0.4, -0.2) is 51.4 Å². The summed E-state index contributed by atoms with van der Waals surface area (Å²) in [6, 6.07) is 9.23. The molecule has 0 atom stereocenters. The predicted molar refractivity (Wildman–Crippen MR) is 102 cm³/mol. The number of rotatable bonds is 3. The Labute approximate surface area is 159 Å². The molecule has 27 heavy (non-hydrogen) atoms. The van der Waals surface area contributed by atoms with Crippen molar-refractivity contribution in [2.24, 2.45) is 0 Å². The van der Waals surface area contributed by atoms with Crippen LogP contribution < -0.4 is 5.32 Å². The lowest BCUT2D eigenvalue weighted by atomic mass is 10.0. The van der Waals surface area contributed by atoms with Gasteiger partial charge in [0.1, 0.15) is 5.60 Å². The Kier molecular flexibility index (Phi) is 5.48. The first-order chi connectivity index (χ1) is 12.8. The summed E-state index contributed by atoms with van der Waals surface area (Å²) in [7, 11) is 0. The third-order valence-electron chi connectivity index (χ3n) is 4.38. The fourth-order valence-corrected chi connectivity index (χ4v) is 2.99. The van der Waals surface area contributed by atoms with E-state index < -0.39 is 5.60 Å². The Hall–Kier alpha value is -2.83. The number of piperidine rings is 1. The van der Waals surface area contributed by atoms with Gasteiger partial charge in [0.2, 0.25) is 0 Å². The van der Waals surface area contributed by atoms with Crippen LogP contribution in [0.5, 0.6) is 0 Å². The molecule has 1 saturated heterocycles. The molecule has 1 aromatic heterocycles. The number of carbonyl (C=O) groups excluding carboxylic acids is 2. The number of amides is 2. The number of aromatic nitrogens is 2. The molecular weight excluding hydrogens is 344 g/mol. The second kappa shape index (κ2) is 7.82. The van der Waals surface area contributed by atoms with Crippen molar-refractivity contribution < 1.29 is 14.3 Å². The lowest BCUT2D eigenvalue weighted by molar-refractivity contribution is 0.0199. The van der Waals surface area contributed by atoms with Gasteiger partial charge in [0, 0.05) is 37.1 Å². The van der Waals surface area contributed by atoms with Gasteiger partial charge in [0.25, 0.3) is 5.91 Å². The number of ether oxygens (including phenoxy) is 1. The van der Waals surface area contributed by atoms with Crippen molar-refractivity contribution in [3.8, 4) is 5.69 Å². The summed E-state index contributed by atoms with van der Waals surface area (Å²) in [6.07, 6.45) is 4.71. The maximum atomic E-state index is 12.5. The van der Waals surface area contributed by atoms with Crippen LogP contribution in [0.4, 0.5) is 4.79 Å². The molecule has 1 fully saturated rings. The lowest BCUT2D eigenvalue weighted by Crippen LogP contribution is -2.47. The van der Waals surface area contributed by atoms with Crippen LogP contribution in [0.1, 0.15) is 44.0 Å². The molecule has 3 rings (SSSR count). The number of hydrogen-bond donors (Lipinski definition) is 1. The molecule has 0 bridgehead atoms. The molecule has 0 unspecified atom stereocenters. The van der Waals surface area contributed by atoms with Gasteiger partial charge in [-0.2, -0.15) is 5.10 Å². The second-order valence-electron chi connectivity index (χ2n) is 7.71. The smallest absolute Gasteiger partial charge is 0.410 e. The van der Waals surface area contributed by atoms with E-state index in [1.54, 1.807) is 27.9 Å². The fourth-order valence-electron chi connectivity index (χ4n) is 2.99. The van der Waals surface area contributed by atoms with Crippen molar-refractivity contribution in [1.82, 2.24) is 20.0 Å². The van der Waals surface area contributed by atoms with Crippen molar-refractivity contribution >= 4 is 12.0 Å². The third kappa shape index (κ3) is 5.09. The number of hydrogen-bond acceptors (Lipinski definition) is 4. The third-order valence-corrected chi connectivity index (χ3v) is 4.38. The molecule has 144 valence electrons. The van der Waals surface area contributed by atoms with Gasteiger partial charge < -0.3 is 15.0 Å². The number of carbonyl (C=O) groups is 2. The SMILES string of the molecule is CC(C)(C)OC(=O)N1CCC(NC(=O)c2ccc(-n3cccn3)cc2)CC1. The van der Waals surface area contributed by atoms with Crippen molar-refractivity contribution in [3.05, 3.63) is 48.3 Å². The Morgan fingerprint density at radius 3 is 2.37 bits per heavy atom. The summed E-state index contributed by atoms with van der Waals surface area (Å²) in [4.78, 5) is 26.3. The van der Waals surface area contributed by atoms with Crippen LogP contribution in [-0.2, 0) is 4.74 Å². The Balaban J connectivity index is 1.50. The molecule has 7 heteroatoms. The highest BCUT2D eigenvalue weighted by Gasteiger charge is 2.27. The van der Waals surface area contributed by atoms with Gasteiger partial charge in [-0.05, 0) is 63.9 Å². The molecule has 1 aliphatic rings. The molecule has 2 aromatic rings. The number of benzene rings is 1. The van der Waals surface area contributed by atoms with Crippen LogP contribution in [0.25, 0.3) is 5.69 Å². The van der Waals surface area contributed by atoms with E-state index in [4.69, 9.17) is 4.74 Å². The molecule has 2 amide bonds. The highest BCUT2D eigenvalue weighted by atomic mass is 16.6. The van der Waals surface area contributed by atoms with E-state index in [1.165, 1.54) is 0 Å². The summed E-state index contributed by atoms with van der Waals surface area (Å²) in [5.74, 6) is -0.0993. The van der Waals surface area contributed by atoms with Crippen molar-refractivity contribution in [2.45, 2.75) is 45.3 Å². The highest BCUT2D eigenvalue weighted by molar-refractivity contribution is 5.94. The zero-order valence-electron chi connectivity index (χ0n) is 16.0. The number of nitrogens with one attached hydrogen (secondary N) is 1. The van der Waals surface area contributed by atoms with E-state index in [9.17, 15) is 9.59 Å². The summed E-state index contributed by atoms with van der Waals surface area (Å²) in [5, 5.41) is 7.23. The van der Waals surface area contributed by atoms with Gasteiger partial charge in [-0.25, -0.2) is 9.48 Å². The van der Waals surface area contributed by atoms with Crippen molar-refractivity contribution in [3.63, 3.8) is 0 Å². The van der Waals surface area contributed by atoms with Crippen molar-refractivity contribution in [1.29, 1.82) is 0 Å². The molecule has 0 spiro atoms. The van der Waals surface area contributed by atoms with E-state index in [1.807, 2.05) is 45.2 Å². The monoisotopic (exact) mass is 370 g/mol. The number of likely N-dealkylation sites (tertiary alicyclic amines) is 1. The van der Waals surface area contributed by atoms with Crippen LogP contribution >= 0.6 is 0 Å². The maximum Gasteiger partial charge on any atom is 0.410 e. The topological polar surface area (TPSA) is 76.5 Å². The molecule has 7 nitrogen and oxygen atoms in total. The molecule has 0 radical (unpaired) electrons. The Bertz CT molecular complexity index is 771. The summed E-state index contributed by atoms with van der Waals surface area (Å²) in [6.45, 7) is 6.73. The van der Waals surface area contributed by atoms with E-state index >= 15 is 0 Å². The van der Waals surface area contributed by atoms with Gasteiger partial charge in [-0.15, -0.1) is 0 Å². The molecule has 0 aliphatic carbocycles. The summed E-state index contributed by atoms with van der Waals surface area (Å²) >= 11 is 0. The average Bonchev–Trinajstić information content (AvgIpc) is 3.15. The molecule has 1 N–H and O–H groups in total. The van der Waals surface area contributed by atoms with Gasteiger partial charge in [0.15, 0.2) is 0 Å². The summed E-state index contributed by atoms with van der Waals surface area (Å²) in [5.41, 5.74) is 1.02. The minimum absolute atomic E-state index is 0.0574. The molecule has 1 aromatic carbocycles. The highest BCUT2D eigenvalue weighted by Crippen LogP contribution is 2.16. The molecule has 1 aliphatic heterocycles. The normalized spacial score (nSPS) is 15.4. The van der Waals surface area contributed by atoms with Gasteiger partial charge in [-0.1, -0.05) is 0 Å². The first-order valence-corrected chi connectivity index (χ1v) is 9.21. The Morgan fingerprint density at radius 2 is 1.81 bits per heavy atom. The average molecular weight is 370 g/mol. The van der Waals surface area contributed by atoms with Gasteiger partial charge >= 0.3 is 6.09 Å². The standard InChI is InChI=1S/C20H26N4O3/c1-20(2,3)27-19(26)23-13-9-16(10-14-23)22-18(25)15-5-7-17(8-6-15)24-12-4-11-21-24/h4-8,11-12,16H,9-10,13-14H2,1-3H3,(H,22,25). The van der Waals surface area contributed by atoms with Gasteiger partial charge in [0.05, 0.1) is 5.69 Å². The zero-order chi connectivity index (χ0) is 19.4. The molecule has 0 saturated carbocycles. The van der Waals surface area contributed by atoms with Crippen LogP contribution in [0.2, 0.25) is 0 Å². The second-order valence-corrected chi connectivity index (χ2v) is 7.71. The van der Waals surface area contributed by atoms with E-state index in [2.05, 4.69) is 10.4 Å². The van der Waals surface area contributed by atoms with Gasteiger partial charge in [-0.3, -0.25) is 4.79 Å². The largest absolute Gasteiger partial charge is 0.444 e. The Morgan fingerprint density at radius 1 is 1.15 bits per heavy atom. The van der Waals surface area contributed by atoms with Crippen LogP contribution in [0.3, 0.4) is 0 Å². The van der Waals surface area contributed by atoms with Crippen LogP contribution in [0, 0.1) is 0 Å². The first-order valence-electron chi connectivity index (χ1n) is 9.21. The summed E-state index contributed by atoms with van der Waals surface area (Å²) < 4.78 is 7.14. The van der Waals surface area contributed by atoms with E-state index in [0.29, 0.717) is 18.7 Å². The molecular formula is C20H26N4O3. The number of nitrogens with zero attached hydrogens (tertiary/aromatic N) is 3. The van der Waals surface area contributed by atoms with E-state index in [0.717, 1.165) is 18.5 Å². The minimum atomic E-state index is -0.496. The van der Waals surface area contributed by atoms with Crippen molar-refractivity contribution in [2.75, 3.05) is 13.1 Å². The fraction of sp³-hybridized carbons (Fsp3) is 0.450. The van der Waals surface area contributed by atoms with Crippen LogP contribution in [0.15, 0.2) is 42.7 Å². The lowest BCUT2D eigenvalue weighted by Gasteiger charge is -2.33. The first kappa shape index (κ1) is 18.9. The molecule has 2 heterocycles. The maximum absolute atomic E-state index is 12.5. The van der Waals surface area contributed by atoms with E-state index in [-0.39, 0.29) is 18.0 Å². The zero-order valence-corrected chi connectivity index (χ0v) is 16.0. The minimum Gasteiger partial charge on any atom is -0.444 e.